The van der Waals surface area contributed by atoms with Crippen LogP contribution >= 0.6 is 0 Å². The predicted molar refractivity (Wildman–Crippen MR) is 75.7 cm³/mol. The Morgan fingerprint density at radius 1 is 1.35 bits per heavy atom. The fourth-order valence-electron chi connectivity index (χ4n) is 3.70. The van der Waals surface area contributed by atoms with Crippen LogP contribution in [0.25, 0.3) is 0 Å². The van der Waals surface area contributed by atoms with Crippen molar-refractivity contribution in [1.82, 2.24) is 15.2 Å². The summed E-state index contributed by atoms with van der Waals surface area (Å²) in [6, 6.07) is 6.36. The fourth-order valence-corrected chi connectivity index (χ4v) is 3.70. The molecule has 1 fully saturated rings. The summed E-state index contributed by atoms with van der Waals surface area (Å²) in [6.07, 6.45) is 1.00. The van der Waals surface area contributed by atoms with Gasteiger partial charge in [0.15, 0.2) is 0 Å². The van der Waals surface area contributed by atoms with Gasteiger partial charge in [-0.25, -0.2) is 0 Å². The quantitative estimate of drug-likeness (QED) is 0.877. The van der Waals surface area contributed by atoms with Crippen molar-refractivity contribution in [1.29, 1.82) is 0 Å². The van der Waals surface area contributed by atoms with Crippen molar-refractivity contribution in [3.8, 4) is 5.75 Å². The molecule has 0 bridgehead atoms. The van der Waals surface area contributed by atoms with Gasteiger partial charge < -0.3 is 10.5 Å². The van der Waals surface area contributed by atoms with Gasteiger partial charge in [0.25, 0.3) is 0 Å². The molecule has 5 heteroatoms. The summed E-state index contributed by atoms with van der Waals surface area (Å²) in [6.45, 7) is 5.34. The van der Waals surface area contributed by atoms with E-state index in [2.05, 4.69) is 47.2 Å². The third-order valence-corrected chi connectivity index (χ3v) is 4.76. The van der Waals surface area contributed by atoms with E-state index < -0.39 is 0 Å². The van der Waals surface area contributed by atoms with Crippen LogP contribution in [0.2, 0.25) is 0 Å². The Morgan fingerprint density at radius 3 is 2.95 bits per heavy atom. The molecular weight excluding hydrogens is 252 g/mol. The number of H-pyrrole nitrogens is 1. The molecule has 3 N–H and O–H groups in total. The van der Waals surface area contributed by atoms with E-state index in [1.807, 2.05) is 0 Å². The highest BCUT2D eigenvalue weighted by Gasteiger charge is 2.61. The molecule has 0 amide bonds. The first-order valence-electron chi connectivity index (χ1n) is 7.01. The SMILES string of the molecule is CC1(C)C(c2cccc3c2CCO3)[C@H]1c1nc(N)n[nH]1. The van der Waals surface area contributed by atoms with Gasteiger partial charge in [0.05, 0.1) is 6.61 Å². The lowest BCUT2D eigenvalue weighted by Gasteiger charge is -2.08. The van der Waals surface area contributed by atoms with Gasteiger partial charge in [-0.2, -0.15) is 4.98 Å². The average molecular weight is 270 g/mol. The number of benzene rings is 1. The molecule has 0 spiro atoms. The van der Waals surface area contributed by atoms with Gasteiger partial charge in [0.1, 0.15) is 11.6 Å². The number of aromatic amines is 1. The van der Waals surface area contributed by atoms with E-state index in [1.165, 1.54) is 11.1 Å². The van der Waals surface area contributed by atoms with Crippen LogP contribution in [0.15, 0.2) is 18.2 Å². The highest BCUT2D eigenvalue weighted by molar-refractivity contribution is 5.50. The predicted octanol–water partition coefficient (Wildman–Crippen LogP) is 2.23. The van der Waals surface area contributed by atoms with Crippen molar-refractivity contribution < 1.29 is 4.74 Å². The summed E-state index contributed by atoms with van der Waals surface area (Å²) >= 11 is 0. The molecule has 104 valence electrons. The Kier molecular flexibility index (Phi) is 2.20. The lowest BCUT2D eigenvalue weighted by atomic mass is 9.96. The molecule has 4 rings (SSSR count). The normalized spacial score (nSPS) is 26.1. The van der Waals surface area contributed by atoms with E-state index in [4.69, 9.17) is 10.5 Å². The molecule has 0 saturated heterocycles. The fraction of sp³-hybridized carbons (Fsp3) is 0.467. The number of nitrogens with two attached hydrogens (primary N) is 1. The van der Waals surface area contributed by atoms with E-state index in [1.54, 1.807) is 0 Å². The number of hydrogen-bond donors (Lipinski definition) is 2. The minimum atomic E-state index is 0.170. The van der Waals surface area contributed by atoms with Crippen molar-refractivity contribution in [3.05, 3.63) is 35.2 Å². The molecule has 20 heavy (non-hydrogen) atoms. The minimum Gasteiger partial charge on any atom is -0.493 e. The molecule has 2 heterocycles. The number of hydrogen-bond acceptors (Lipinski definition) is 4. The number of rotatable bonds is 2. The number of aromatic nitrogens is 3. The molecule has 1 unspecified atom stereocenters. The monoisotopic (exact) mass is 270 g/mol. The smallest absolute Gasteiger partial charge is 0.239 e. The molecule has 1 aromatic heterocycles. The third kappa shape index (κ3) is 1.49. The molecule has 1 aliphatic carbocycles. The van der Waals surface area contributed by atoms with Gasteiger partial charge >= 0.3 is 0 Å². The number of ether oxygens (including phenoxy) is 1. The Labute approximate surface area is 117 Å². The Morgan fingerprint density at radius 2 is 2.20 bits per heavy atom. The summed E-state index contributed by atoms with van der Waals surface area (Å²) in [5, 5.41) is 6.93. The van der Waals surface area contributed by atoms with Crippen LogP contribution in [0.1, 0.15) is 42.6 Å². The van der Waals surface area contributed by atoms with Crippen molar-refractivity contribution in [2.75, 3.05) is 12.3 Å². The van der Waals surface area contributed by atoms with Gasteiger partial charge in [0.2, 0.25) is 5.95 Å². The van der Waals surface area contributed by atoms with Crippen molar-refractivity contribution >= 4 is 5.95 Å². The Bertz CT molecular complexity index is 676. The maximum atomic E-state index is 5.67. The standard InChI is InChI=1S/C15H18N4O/c1-15(2)11(12(15)13-17-14(16)19-18-13)9-4-3-5-10-8(9)6-7-20-10/h3-5,11-12H,6-7H2,1-2H3,(H3,16,17,18,19)/t11?,12-/m0/s1. The van der Waals surface area contributed by atoms with Gasteiger partial charge in [0, 0.05) is 23.8 Å². The highest BCUT2D eigenvalue weighted by Crippen LogP contribution is 2.70. The maximum absolute atomic E-state index is 5.67. The van der Waals surface area contributed by atoms with Gasteiger partial charge in [-0.05, 0) is 17.0 Å². The molecule has 0 radical (unpaired) electrons. The van der Waals surface area contributed by atoms with Crippen LogP contribution in [-0.4, -0.2) is 21.8 Å². The van der Waals surface area contributed by atoms with Crippen molar-refractivity contribution in [3.63, 3.8) is 0 Å². The second kappa shape index (κ2) is 3.75. The van der Waals surface area contributed by atoms with Crippen LogP contribution < -0.4 is 10.5 Å². The van der Waals surface area contributed by atoms with E-state index in [9.17, 15) is 0 Å². The number of nitrogens with one attached hydrogen (secondary N) is 1. The van der Waals surface area contributed by atoms with Gasteiger partial charge in [-0.3, -0.25) is 5.10 Å². The third-order valence-electron chi connectivity index (χ3n) is 4.76. The zero-order valence-electron chi connectivity index (χ0n) is 11.7. The first-order valence-corrected chi connectivity index (χ1v) is 7.01. The Balaban J connectivity index is 1.75. The Hall–Kier alpha value is -2.04. The van der Waals surface area contributed by atoms with Crippen LogP contribution in [0, 0.1) is 5.41 Å². The van der Waals surface area contributed by atoms with Gasteiger partial charge in [-0.1, -0.05) is 26.0 Å². The second-order valence-corrected chi connectivity index (χ2v) is 6.28. The largest absolute Gasteiger partial charge is 0.493 e. The number of nitrogens with zero attached hydrogens (tertiary/aromatic N) is 2. The second-order valence-electron chi connectivity index (χ2n) is 6.28. The van der Waals surface area contributed by atoms with E-state index in [0.29, 0.717) is 17.8 Å². The lowest BCUT2D eigenvalue weighted by Crippen LogP contribution is -1.94. The van der Waals surface area contributed by atoms with E-state index >= 15 is 0 Å². The molecule has 2 aromatic rings. The highest BCUT2D eigenvalue weighted by atomic mass is 16.5. The number of anilines is 1. The number of fused-ring (bicyclic) bond motifs is 1. The van der Waals surface area contributed by atoms with E-state index in [-0.39, 0.29) is 5.41 Å². The van der Waals surface area contributed by atoms with E-state index in [0.717, 1.165) is 24.6 Å². The van der Waals surface area contributed by atoms with Crippen LogP contribution in [0.5, 0.6) is 5.75 Å². The van der Waals surface area contributed by atoms with Crippen LogP contribution in [0.3, 0.4) is 0 Å². The number of nitrogen functional groups attached to an aromatic ring is 1. The molecule has 5 nitrogen and oxygen atoms in total. The summed E-state index contributed by atoms with van der Waals surface area (Å²) in [7, 11) is 0. The average Bonchev–Trinajstić information content (AvgIpc) is 2.83. The molecular formula is C15H18N4O. The minimum absolute atomic E-state index is 0.170. The zero-order chi connectivity index (χ0) is 13.9. The molecule has 1 aliphatic heterocycles. The summed E-state index contributed by atoms with van der Waals surface area (Å²) in [5.41, 5.74) is 8.56. The van der Waals surface area contributed by atoms with Gasteiger partial charge in [-0.15, -0.1) is 5.10 Å². The summed E-state index contributed by atoms with van der Waals surface area (Å²) in [4.78, 5) is 4.32. The zero-order valence-corrected chi connectivity index (χ0v) is 11.7. The van der Waals surface area contributed by atoms with Crippen molar-refractivity contribution in [2.24, 2.45) is 5.41 Å². The first kappa shape index (κ1) is 11.8. The summed E-state index contributed by atoms with van der Waals surface area (Å²) < 4.78 is 5.67. The summed E-state index contributed by atoms with van der Waals surface area (Å²) in [5.74, 6) is 3.06. The van der Waals surface area contributed by atoms with Crippen molar-refractivity contribution in [2.45, 2.75) is 32.1 Å². The first-order chi connectivity index (χ1) is 9.59. The maximum Gasteiger partial charge on any atom is 0.239 e. The molecule has 2 aliphatic rings. The van der Waals surface area contributed by atoms with Crippen LogP contribution in [0.4, 0.5) is 5.95 Å². The topological polar surface area (TPSA) is 76.8 Å². The molecule has 2 atom stereocenters. The lowest BCUT2D eigenvalue weighted by molar-refractivity contribution is 0.357. The van der Waals surface area contributed by atoms with Crippen LogP contribution in [-0.2, 0) is 6.42 Å². The molecule has 1 saturated carbocycles. The molecule has 1 aromatic carbocycles.